The van der Waals surface area contributed by atoms with Crippen LogP contribution in [-0.2, 0) is 0 Å². The van der Waals surface area contributed by atoms with Crippen molar-refractivity contribution in [3.63, 3.8) is 0 Å². The number of hydrogen-bond donors (Lipinski definition) is 2. The molecule has 0 radical (unpaired) electrons. The van der Waals surface area contributed by atoms with E-state index in [4.69, 9.17) is 11.6 Å². The maximum absolute atomic E-state index is 13.1. The molecule has 1 amide bonds. The highest BCUT2D eigenvalue weighted by atomic mass is 35.5. The summed E-state index contributed by atoms with van der Waals surface area (Å²) >= 11 is 5.71. The van der Waals surface area contributed by atoms with Crippen molar-refractivity contribution in [3.05, 3.63) is 53.1 Å². The predicted octanol–water partition coefficient (Wildman–Crippen LogP) is 3.76. The van der Waals surface area contributed by atoms with Gasteiger partial charge in [0.1, 0.15) is 11.5 Å². The zero-order chi connectivity index (χ0) is 15.4. The van der Waals surface area contributed by atoms with Crippen LogP contribution >= 0.6 is 11.6 Å². The topological polar surface area (TPSA) is 54.0 Å². The van der Waals surface area contributed by atoms with E-state index in [1.54, 1.807) is 18.2 Å². The van der Waals surface area contributed by atoms with Crippen molar-refractivity contribution < 1.29 is 9.18 Å². The van der Waals surface area contributed by atoms with Crippen LogP contribution in [0.3, 0.4) is 0 Å². The Bertz CT molecular complexity index is 644. The van der Waals surface area contributed by atoms with E-state index in [0.29, 0.717) is 17.1 Å². The molecular weight excluding hydrogens is 293 g/mol. The fourth-order valence-electron chi connectivity index (χ4n) is 1.68. The molecule has 0 unspecified atom stereocenters. The molecule has 2 aromatic rings. The van der Waals surface area contributed by atoms with E-state index in [-0.39, 0.29) is 17.0 Å². The second kappa shape index (κ2) is 6.54. The van der Waals surface area contributed by atoms with Crippen molar-refractivity contribution >= 4 is 28.9 Å². The molecule has 1 aromatic carbocycles. The van der Waals surface area contributed by atoms with Crippen molar-refractivity contribution in [2.75, 3.05) is 5.32 Å². The highest BCUT2D eigenvalue weighted by Crippen LogP contribution is 2.22. The summed E-state index contributed by atoms with van der Waals surface area (Å²) in [5, 5.41) is 5.84. The third kappa shape index (κ3) is 4.16. The number of pyridine rings is 1. The number of carbonyl (C=O) groups is 1. The second-order valence-corrected chi connectivity index (χ2v) is 5.22. The third-order valence-electron chi connectivity index (χ3n) is 2.62. The van der Waals surface area contributed by atoms with Gasteiger partial charge in [-0.3, -0.25) is 4.79 Å². The summed E-state index contributed by atoms with van der Waals surface area (Å²) in [6, 6.07) is 7.72. The van der Waals surface area contributed by atoms with Crippen molar-refractivity contribution in [1.82, 2.24) is 10.3 Å². The van der Waals surface area contributed by atoms with Crippen molar-refractivity contribution in [3.8, 4) is 0 Å². The first-order valence-corrected chi connectivity index (χ1v) is 6.82. The Labute approximate surface area is 127 Å². The van der Waals surface area contributed by atoms with Gasteiger partial charge in [-0.2, -0.15) is 0 Å². The zero-order valence-electron chi connectivity index (χ0n) is 11.7. The van der Waals surface area contributed by atoms with E-state index in [0.717, 1.165) is 0 Å². The first-order chi connectivity index (χ1) is 9.95. The summed E-state index contributed by atoms with van der Waals surface area (Å²) in [6.07, 6.45) is 1.53. The molecule has 1 aromatic heterocycles. The second-order valence-electron chi connectivity index (χ2n) is 4.81. The number of nitrogens with zero attached hydrogens (tertiary/aromatic N) is 1. The first-order valence-electron chi connectivity index (χ1n) is 6.44. The minimum absolute atomic E-state index is 0.0425. The molecule has 110 valence electrons. The van der Waals surface area contributed by atoms with Crippen LogP contribution in [0.25, 0.3) is 0 Å². The smallest absolute Gasteiger partial charge is 0.270 e. The van der Waals surface area contributed by atoms with Crippen LogP contribution in [0.15, 0.2) is 36.5 Å². The Morgan fingerprint density at radius 1 is 1.24 bits per heavy atom. The van der Waals surface area contributed by atoms with Crippen LogP contribution in [0.2, 0.25) is 5.02 Å². The molecule has 6 heteroatoms. The molecule has 0 saturated carbocycles. The minimum Gasteiger partial charge on any atom is -0.354 e. The van der Waals surface area contributed by atoms with E-state index in [2.05, 4.69) is 15.6 Å². The summed E-state index contributed by atoms with van der Waals surface area (Å²) in [4.78, 5) is 15.8. The SMILES string of the molecule is CC(C)NC(=O)c1ccc(Nc2ccc(F)c(Cl)c2)cn1. The Morgan fingerprint density at radius 3 is 2.52 bits per heavy atom. The van der Waals surface area contributed by atoms with Gasteiger partial charge < -0.3 is 10.6 Å². The van der Waals surface area contributed by atoms with E-state index in [1.807, 2.05) is 13.8 Å². The molecule has 1 heterocycles. The third-order valence-corrected chi connectivity index (χ3v) is 2.91. The maximum atomic E-state index is 13.1. The number of hydrogen-bond acceptors (Lipinski definition) is 3. The Morgan fingerprint density at radius 2 is 1.95 bits per heavy atom. The number of aromatic nitrogens is 1. The van der Waals surface area contributed by atoms with E-state index >= 15 is 0 Å². The highest BCUT2D eigenvalue weighted by molar-refractivity contribution is 6.31. The number of anilines is 2. The van der Waals surface area contributed by atoms with E-state index < -0.39 is 5.82 Å². The van der Waals surface area contributed by atoms with Crippen molar-refractivity contribution in [2.24, 2.45) is 0 Å². The normalized spacial score (nSPS) is 10.5. The number of amides is 1. The number of nitrogens with one attached hydrogen (secondary N) is 2. The highest BCUT2D eigenvalue weighted by Gasteiger charge is 2.08. The molecule has 0 aliphatic rings. The van der Waals surface area contributed by atoms with Gasteiger partial charge in [0, 0.05) is 11.7 Å². The van der Waals surface area contributed by atoms with Gasteiger partial charge in [-0.1, -0.05) is 11.6 Å². The quantitative estimate of drug-likeness (QED) is 0.904. The lowest BCUT2D eigenvalue weighted by Gasteiger charge is -2.09. The van der Waals surface area contributed by atoms with Crippen LogP contribution in [0.1, 0.15) is 24.3 Å². The fourth-order valence-corrected chi connectivity index (χ4v) is 1.86. The maximum Gasteiger partial charge on any atom is 0.270 e. The molecular formula is C15H15ClFN3O. The largest absolute Gasteiger partial charge is 0.354 e. The fraction of sp³-hybridized carbons (Fsp3) is 0.200. The summed E-state index contributed by atoms with van der Waals surface area (Å²) in [5.41, 5.74) is 1.66. The van der Waals surface area contributed by atoms with Gasteiger partial charge in [-0.15, -0.1) is 0 Å². The van der Waals surface area contributed by atoms with Crippen LogP contribution in [0, 0.1) is 5.82 Å². The lowest BCUT2D eigenvalue weighted by atomic mass is 10.2. The van der Waals surface area contributed by atoms with Gasteiger partial charge >= 0.3 is 0 Å². The van der Waals surface area contributed by atoms with Gasteiger partial charge in [-0.25, -0.2) is 9.37 Å². The summed E-state index contributed by atoms with van der Waals surface area (Å²) in [7, 11) is 0. The van der Waals surface area contributed by atoms with Crippen LogP contribution in [0.5, 0.6) is 0 Å². The van der Waals surface area contributed by atoms with Crippen molar-refractivity contribution in [2.45, 2.75) is 19.9 Å². The average molecular weight is 308 g/mol. The molecule has 0 saturated heterocycles. The van der Waals surface area contributed by atoms with Gasteiger partial charge in [-0.05, 0) is 44.2 Å². The van der Waals surface area contributed by atoms with E-state index in [9.17, 15) is 9.18 Å². The molecule has 0 aliphatic carbocycles. The Hall–Kier alpha value is -2.14. The number of rotatable bonds is 4. The number of carbonyl (C=O) groups excluding carboxylic acids is 1. The molecule has 0 atom stereocenters. The van der Waals surface area contributed by atoms with Crippen LogP contribution in [0.4, 0.5) is 15.8 Å². The zero-order valence-corrected chi connectivity index (χ0v) is 12.4. The van der Waals surface area contributed by atoms with Gasteiger partial charge in [0.15, 0.2) is 0 Å². The Balaban J connectivity index is 2.08. The summed E-state index contributed by atoms with van der Waals surface area (Å²) < 4.78 is 13.1. The van der Waals surface area contributed by atoms with Gasteiger partial charge in [0.2, 0.25) is 0 Å². The predicted molar refractivity (Wildman–Crippen MR) is 81.5 cm³/mol. The van der Waals surface area contributed by atoms with Crippen molar-refractivity contribution in [1.29, 1.82) is 0 Å². The molecule has 0 fully saturated rings. The number of halogens is 2. The molecule has 2 rings (SSSR count). The molecule has 21 heavy (non-hydrogen) atoms. The van der Waals surface area contributed by atoms with Gasteiger partial charge in [0.05, 0.1) is 16.9 Å². The molecule has 0 spiro atoms. The van der Waals surface area contributed by atoms with Crippen LogP contribution < -0.4 is 10.6 Å². The van der Waals surface area contributed by atoms with Gasteiger partial charge in [0.25, 0.3) is 5.91 Å². The first kappa shape index (κ1) is 15.3. The van der Waals surface area contributed by atoms with Crippen LogP contribution in [-0.4, -0.2) is 16.9 Å². The monoisotopic (exact) mass is 307 g/mol. The molecule has 0 bridgehead atoms. The van der Waals surface area contributed by atoms with E-state index in [1.165, 1.54) is 18.3 Å². The minimum atomic E-state index is -0.471. The standard InChI is InChI=1S/C15H15ClFN3O/c1-9(2)19-15(21)14-6-4-11(8-18-14)20-10-3-5-13(17)12(16)7-10/h3-9,20H,1-2H3,(H,19,21). The average Bonchev–Trinajstić information content (AvgIpc) is 2.43. The Kier molecular flexibility index (Phi) is 4.75. The summed E-state index contributed by atoms with van der Waals surface area (Å²) in [6.45, 7) is 3.76. The molecule has 2 N–H and O–H groups in total. The lowest BCUT2D eigenvalue weighted by molar-refractivity contribution is 0.0938. The number of benzene rings is 1. The summed E-state index contributed by atoms with van der Waals surface area (Å²) in [5.74, 6) is -0.692. The molecule has 4 nitrogen and oxygen atoms in total. The molecule has 0 aliphatic heterocycles. The lowest BCUT2D eigenvalue weighted by Crippen LogP contribution is -2.30.